The van der Waals surface area contributed by atoms with Crippen LogP contribution >= 0.6 is 0 Å². The minimum atomic E-state index is -3.63. The van der Waals surface area contributed by atoms with E-state index in [0.717, 1.165) is 6.42 Å². The van der Waals surface area contributed by atoms with Crippen LogP contribution in [0, 0.1) is 23.0 Å². The van der Waals surface area contributed by atoms with Crippen molar-refractivity contribution >= 4 is 15.7 Å². The van der Waals surface area contributed by atoms with Crippen molar-refractivity contribution in [1.29, 1.82) is 0 Å². The first-order valence-corrected chi connectivity index (χ1v) is 7.52. The summed E-state index contributed by atoms with van der Waals surface area (Å²) in [7, 11) is -3.63. The molecule has 1 saturated heterocycles. The van der Waals surface area contributed by atoms with Crippen molar-refractivity contribution < 1.29 is 13.3 Å². The van der Waals surface area contributed by atoms with Gasteiger partial charge in [0.15, 0.2) is 0 Å². The lowest BCUT2D eigenvalue weighted by atomic mass is 10.2. The number of benzene rings is 1. The monoisotopic (exact) mass is 284 g/mol. The van der Waals surface area contributed by atoms with E-state index in [1.807, 2.05) is 6.92 Å². The molecule has 2 rings (SSSR count). The van der Waals surface area contributed by atoms with Crippen molar-refractivity contribution in [3.8, 4) is 0 Å². The fourth-order valence-electron chi connectivity index (χ4n) is 2.33. The second-order valence-corrected chi connectivity index (χ2v) is 6.82. The molecule has 6 nitrogen and oxygen atoms in total. The highest BCUT2D eigenvalue weighted by Gasteiger charge is 2.33. The number of rotatable bonds is 3. The van der Waals surface area contributed by atoms with Crippen LogP contribution in [0.15, 0.2) is 23.1 Å². The van der Waals surface area contributed by atoms with E-state index in [9.17, 15) is 18.5 Å². The first-order chi connectivity index (χ1) is 8.84. The Hall–Kier alpha value is -1.47. The fourth-order valence-corrected chi connectivity index (χ4v) is 4.15. The Morgan fingerprint density at radius 3 is 2.63 bits per heavy atom. The van der Waals surface area contributed by atoms with E-state index in [4.69, 9.17) is 0 Å². The van der Waals surface area contributed by atoms with Crippen LogP contribution in [0.3, 0.4) is 0 Å². The first kappa shape index (κ1) is 14.0. The van der Waals surface area contributed by atoms with Crippen molar-refractivity contribution in [2.45, 2.75) is 25.2 Å². The molecular weight excluding hydrogens is 268 g/mol. The second-order valence-electron chi connectivity index (χ2n) is 4.91. The summed E-state index contributed by atoms with van der Waals surface area (Å²) in [6.45, 7) is 4.43. The molecule has 19 heavy (non-hydrogen) atoms. The molecule has 1 aromatic rings. The molecule has 0 aromatic heterocycles. The van der Waals surface area contributed by atoms with Gasteiger partial charge in [-0.1, -0.05) is 13.0 Å². The van der Waals surface area contributed by atoms with Crippen molar-refractivity contribution in [3.05, 3.63) is 33.9 Å². The van der Waals surface area contributed by atoms with E-state index in [2.05, 4.69) is 0 Å². The zero-order chi connectivity index (χ0) is 14.2. The first-order valence-electron chi connectivity index (χ1n) is 6.08. The largest absolute Gasteiger partial charge is 0.273 e. The Morgan fingerprint density at radius 1 is 1.42 bits per heavy atom. The van der Waals surface area contributed by atoms with E-state index in [0.29, 0.717) is 19.0 Å². The molecule has 1 heterocycles. The lowest BCUT2D eigenvalue weighted by Crippen LogP contribution is -2.29. The van der Waals surface area contributed by atoms with E-state index in [1.54, 1.807) is 0 Å². The predicted octanol–water partition coefficient (Wildman–Crippen LogP) is 1.93. The van der Waals surface area contributed by atoms with Gasteiger partial charge in [-0.25, -0.2) is 8.42 Å². The zero-order valence-corrected chi connectivity index (χ0v) is 11.7. The molecule has 1 aliphatic heterocycles. The smallest absolute Gasteiger partial charge is 0.258 e. The highest BCUT2D eigenvalue weighted by molar-refractivity contribution is 7.89. The van der Waals surface area contributed by atoms with Crippen LogP contribution in [0.5, 0.6) is 0 Å². The number of hydrogen-bond donors (Lipinski definition) is 0. The molecular formula is C12H16N2O4S. The molecule has 0 spiro atoms. The zero-order valence-electron chi connectivity index (χ0n) is 10.9. The van der Waals surface area contributed by atoms with Crippen LogP contribution in [0.4, 0.5) is 5.69 Å². The number of sulfonamides is 1. The van der Waals surface area contributed by atoms with Crippen molar-refractivity contribution in [3.63, 3.8) is 0 Å². The molecule has 7 heteroatoms. The van der Waals surface area contributed by atoms with Gasteiger partial charge in [0.25, 0.3) is 5.69 Å². The van der Waals surface area contributed by atoms with Crippen molar-refractivity contribution in [1.82, 2.24) is 4.31 Å². The third-order valence-electron chi connectivity index (χ3n) is 3.46. The van der Waals surface area contributed by atoms with Crippen LogP contribution in [0.2, 0.25) is 0 Å². The summed E-state index contributed by atoms with van der Waals surface area (Å²) in [6.07, 6.45) is 0.827. The molecule has 0 bridgehead atoms. The van der Waals surface area contributed by atoms with Crippen LogP contribution in [-0.2, 0) is 10.0 Å². The molecule has 0 radical (unpaired) electrons. The summed E-state index contributed by atoms with van der Waals surface area (Å²) >= 11 is 0. The van der Waals surface area contributed by atoms with Gasteiger partial charge in [0.1, 0.15) is 0 Å². The SMILES string of the molecule is Cc1c([N+](=O)[O-])cccc1S(=O)(=O)N1CC[C@H](C)C1. The third kappa shape index (κ3) is 2.48. The van der Waals surface area contributed by atoms with Gasteiger partial charge >= 0.3 is 0 Å². The molecule has 1 atom stereocenters. The van der Waals surface area contributed by atoms with E-state index in [1.165, 1.54) is 29.4 Å². The normalized spacial score (nSPS) is 20.6. The van der Waals surface area contributed by atoms with E-state index < -0.39 is 14.9 Å². The second kappa shape index (κ2) is 4.90. The Labute approximate surface area is 112 Å². The van der Waals surface area contributed by atoms with Gasteiger partial charge in [-0.2, -0.15) is 4.31 Å². The summed E-state index contributed by atoms with van der Waals surface area (Å²) in [5, 5.41) is 10.9. The molecule has 0 saturated carbocycles. The molecule has 1 fully saturated rings. The number of nitrogens with zero attached hydrogens (tertiary/aromatic N) is 2. The lowest BCUT2D eigenvalue weighted by Gasteiger charge is -2.17. The van der Waals surface area contributed by atoms with Gasteiger partial charge in [0.2, 0.25) is 10.0 Å². The van der Waals surface area contributed by atoms with Gasteiger partial charge in [0.05, 0.1) is 9.82 Å². The molecule has 1 aliphatic rings. The van der Waals surface area contributed by atoms with Crippen LogP contribution in [0.25, 0.3) is 0 Å². The molecule has 0 N–H and O–H groups in total. The average Bonchev–Trinajstić information content (AvgIpc) is 2.76. The minimum absolute atomic E-state index is 0.0378. The molecule has 104 valence electrons. The standard InChI is InChI=1S/C12H16N2O4S/c1-9-6-7-13(8-9)19(17,18)12-5-3-4-11(10(12)2)14(15)16/h3-5,9H,6-8H2,1-2H3/t9-/m0/s1. The fraction of sp³-hybridized carbons (Fsp3) is 0.500. The quantitative estimate of drug-likeness (QED) is 0.627. The van der Waals surface area contributed by atoms with Gasteiger partial charge in [-0.15, -0.1) is 0 Å². The van der Waals surface area contributed by atoms with Gasteiger partial charge < -0.3 is 0 Å². The van der Waals surface area contributed by atoms with Crippen LogP contribution in [-0.4, -0.2) is 30.7 Å². The minimum Gasteiger partial charge on any atom is -0.258 e. The summed E-state index contributed by atoms with van der Waals surface area (Å²) in [5.74, 6) is 0.328. The Morgan fingerprint density at radius 2 is 2.11 bits per heavy atom. The molecule has 0 amide bonds. The average molecular weight is 284 g/mol. The Balaban J connectivity index is 2.47. The maximum absolute atomic E-state index is 12.5. The summed E-state index contributed by atoms with van der Waals surface area (Å²) < 4.78 is 26.4. The number of nitro groups is 1. The van der Waals surface area contributed by atoms with Gasteiger partial charge in [0, 0.05) is 24.7 Å². The Bertz CT molecular complexity index is 612. The predicted molar refractivity (Wildman–Crippen MR) is 70.4 cm³/mol. The lowest BCUT2D eigenvalue weighted by molar-refractivity contribution is -0.385. The highest BCUT2D eigenvalue weighted by Crippen LogP contribution is 2.29. The molecule has 0 aliphatic carbocycles. The van der Waals surface area contributed by atoms with Gasteiger partial charge in [-0.05, 0) is 25.3 Å². The summed E-state index contributed by atoms with van der Waals surface area (Å²) in [4.78, 5) is 10.4. The number of nitro benzene ring substituents is 1. The van der Waals surface area contributed by atoms with Crippen LogP contribution < -0.4 is 0 Å². The molecule has 0 unspecified atom stereocenters. The maximum Gasteiger partial charge on any atom is 0.273 e. The van der Waals surface area contributed by atoms with Crippen molar-refractivity contribution in [2.24, 2.45) is 5.92 Å². The van der Waals surface area contributed by atoms with Crippen molar-refractivity contribution in [2.75, 3.05) is 13.1 Å². The van der Waals surface area contributed by atoms with E-state index in [-0.39, 0.29) is 16.1 Å². The number of hydrogen-bond acceptors (Lipinski definition) is 4. The van der Waals surface area contributed by atoms with Gasteiger partial charge in [-0.3, -0.25) is 10.1 Å². The van der Waals surface area contributed by atoms with E-state index >= 15 is 0 Å². The summed E-state index contributed by atoms with van der Waals surface area (Å²) in [5.41, 5.74) is 0.0420. The maximum atomic E-state index is 12.5. The highest BCUT2D eigenvalue weighted by atomic mass is 32.2. The Kier molecular flexibility index (Phi) is 3.60. The third-order valence-corrected chi connectivity index (χ3v) is 5.47. The summed E-state index contributed by atoms with van der Waals surface area (Å²) in [6, 6.07) is 4.17. The van der Waals surface area contributed by atoms with Crippen LogP contribution in [0.1, 0.15) is 18.9 Å². The molecule has 1 aromatic carbocycles. The topological polar surface area (TPSA) is 80.5 Å².